The second-order valence-corrected chi connectivity index (χ2v) is 3.04. The normalized spacial score (nSPS) is 8.71. The molecule has 0 aliphatic rings. The molecule has 0 aliphatic carbocycles. The Morgan fingerprint density at radius 1 is 1.06 bits per heavy atom. The van der Waals surface area contributed by atoms with Gasteiger partial charge in [0.05, 0.1) is 0 Å². The molecule has 0 bridgehead atoms. The SMILES string of the molecule is O=C(c1ccccc1)c1cccnc1.O=CO. The van der Waals surface area contributed by atoms with E-state index in [-0.39, 0.29) is 12.3 Å². The summed E-state index contributed by atoms with van der Waals surface area (Å²) in [6.07, 6.45) is 3.23. The van der Waals surface area contributed by atoms with Crippen LogP contribution in [-0.2, 0) is 4.79 Å². The molecule has 17 heavy (non-hydrogen) atoms. The molecule has 0 saturated heterocycles. The van der Waals surface area contributed by atoms with Crippen molar-refractivity contribution in [3.8, 4) is 0 Å². The van der Waals surface area contributed by atoms with E-state index in [0.29, 0.717) is 11.1 Å². The number of carboxylic acid groups (broad SMARTS) is 1. The molecule has 4 heteroatoms. The van der Waals surface area contributed by atoms with Gasteiger partial charge in [0.25, 0.3) is 6.47 Å². The molecule has 0 radical (unpaired) electrons. The fourth-order valence-electron chi connectivity index (χ4n) is 1.25. The zero-order valence-corrected chi connectivity index (χ0v) is 8.98. The number of carbonyl (C=O) groups excluding carboxylic acids is 1. The van der Waals surface area contributed by atoms with Crippen molar-refractivity contribution in [1.82, 2.24) is 4.98 Å². The Labute approximate surface area is 98.6 Å². The van der Waals surface area contributed by atoms with E-state index in [2.05, 4.69) is 4.98 Å². The maximum atomic E-state index is 11.8. The van der Waals surface area contributed by atoms with Crippen LogP contribution in [0.2, 0.25) is 0 Å². The van der Waals surface area contributed by atoms with Crippen LogP contribution in [0.1, 0.15) is 15.9 Å². The quantitative estimate of drug-likeness (QED) is 0.631. The van der Waals surface area contributed by atoms with Crippen molar-refractivity contribution >= 4 is 12.3 Å². The summed E-state index contributed by atoms with van der Waals surface area (Å²) in [6.45, 7) is -0.250. The standard InChI is InChI=1S/C12H9NO.CH2O2/c14-12(10-5-2-1-3-6-10)11-7-4-8-13-9-11;2-1-3/h1-9H;1H,(H,2,3). The lowest BCUT2D eigenvalue weighted by Gasteiger charge is -1.98. The average Bonchev–Trinajstić information content (AvgIpc) is 2.41. The van der Waals surface area contributed by atoms with Gasteiger partial charge in [-0.25, -0.2) is 0 Å². The van der Waals surface area contributed by atoms with Crippen LogP contribution in [0, 0.1) is 0 Å². The minimum Gasteiger partial charge on any atom is -0.483 e. The summed E-state index contributed by atoms with van der Waals surface area (Å²) < 4.78 is 0. The van der Waals surface area contributed by atoms with E-state index < -0.39 is 0 Å². The van der Waals surface area contributed by atoms with Gasteiger partial charge in [0.2, 0.25) is 0 Å². The first-order valence-corrected chi connectivity index (χ1v) is 4.87. The number of ketones is 1. The number of benzene rings is 1. The van der Waals surface area contributed by atoms with Crippen LogP contribution in [0.4, 0.5) is 0 Å². The summed E-state index contributed by atoms with van der Waals surface area (Å²) in [5, 5.41) is 6.89. The van der Waals surface area contributed by atoms with Crippen molar-refractivity contribution in [2.24, 2.45) is 0 Å². The Morgan fingerprint density at radius 3 is 2.18 bits per heavy atom. The van der Waals surface area contributed by atoms with Crippen LogP contribution in [-0.4, -0.2) is 22.3 Å². The van der Waals surface area contributed by atoms with Crippen molar-refractivity contribution < 1.29 is 14.7 Å². The molecule has 1 aromatic carbocycles. The van der Waals surface area contributed by atoms with Crippen molar-refractivity contribution in [2.45, 2.75) is 0 Å². The maximum absolute atomic E-state index is 11.8. The lowest BCUT2D eigenvalue weighted by molar-refractivity contribution is -0.122. The molecule has 0 aliphatic heterocycles. The van der Waals surface area contributed by atoms with Crippen LogP contribution in [0.15, 0.2) is 54.9 Å². The van der Waals surface area contributed by atoms with Gasteiger partial charge in [-0.3, -0.25) is 14.6 Å². The van der Waals surface area contributed by atoms with Crippen molar-refractivity contribution in [3.63, 3.8) is 0 Å². The topological polar surface area (TPSA) is 67.3 Å². The average molecular weight is 229 g/mol. The smallest absolute Gasteiger partial charge is 0.290 e. The van der Waals surface area contributed by atoms with Crippen LogP contribution < -0.4 is 0 Å². The van der Waals surface area contributed by atoms with Crippen LogP contribution in [0.25, 0.3) is 0 Å². The fraction of sp³-hybridized carbons (Fsp3) is 0. The third kappa shape index (κ3) is 3.87. The molecule has 0 atom stereocenters. The van der Waals surface area contributed by atoms with E-state index in [1.165, 1.54) is 0 Å². The van der Waals surface area contributed by atoms with E-state index in [1.54, 1.807) is 36.7 Å². The van der Waals surface area contributed by atoms with Crippen LogP contribution in [0.5, 0.6) is 0 Å². The van der Waals surface area contributed by atoms with Crippen LogP contribution >= 0.6 is 0 Å². The van der Waals surface area contributed by atoms with Gasteiger partial charge in [-0.05, 0) is 12.1 Å². The van der Waals surface area contributed by atoms with Gasteiger partial charge in [-0.2, -0.15) is 0 Å². The number of hydrogen-bond donors (Lipinski definition) is 1. The number of pyridine rings is 1. The maximum Gasteiger partial charge on any atom is 0.290 e. The Kier molecular flexibility index (Phi) is 5.10. The monoisotopic (exact) mass is 229 g/mol. The van der Waals surface area contributed by atoms with E-state index >= 15 is 0 Å². The third-order valence-electron chi connectivity index (χ3n) is 1.96. The first kappa shape index (κ1) is 12.6. The molecule has 86 valence electrons. The molecule has 4 nitrogen and oxygen atoms in total. The minimum absolute atomic E-state index is 0.0127. The Balaban J connectivity index is 0.000000437. The van der Waals surface area contributed by atoms with Gasteiger partial charge in [0.15, 0.2) is 5.78 Å². The van der Waals surface area contributed by atoms with E-state index in [4.69, 9.17) is 9.90 Å². The number of carbonyl (C=O) groups is 2. The summed E-state index contributed by atoms with van der Waals surface area (Å²) >= 11 is 0. The lowest BCUT2D eigenvalue weighted by atomic mass is 10.1. The summed E-state index contributed by atoms with van der Waals surface area (Å²) in [5.41, 5.74) is 1.32. The third-order valence-corrected chi connectivity index (χ3v) is 1.96. The van der Waals surface area contributed by atoms with Gasteiger partial charge < -0.3 is 5.11 Å². The molecule has 2 aromatic rings. The number of hydrogen-bond acceptors (Lipinski definition) is 3. The Bertz CT molecular complexity index is 427. The van der Waals surface area contributed by atoms with E-state index in [0.717, 1.165) is 0 Å². The zero-order chi connectivity index (χ0) is 12.5. The summed E-state index contributed by atoms with van der Waals surface area (Å²) in [5.74, 6) is 0.0127. The second kappa shape index (κ2) is 6.90. The number of rotatable bonds is 2. The van der Waals surface area contributed by atoms with Gasteiger partial charge in [0.1, 0.15) is 0 Å². The van der Waals surface area contributed by atoms with Crippen molar-refractivity contribution in [3.05, 3.63) is 66.0 Å². The minimum atomic E-state index is -0.250. The van der Waals surface area contributed by atoms with Gasteiger partial charge in [-0.1, -0.05) is 30.3 Å². The Morgan fingerprint density at radius 2 is 1.65 bits per heavy atom. The summed E-state index contributed by atoms with van der Waals surface area (Å²) in [4.78, 5) is 24.1. The first-order valence-electron chi connectivity index (χ1n) is 4.87. The van der Waals surface area contributed by atoms with Gasteiger partial charge in [-0.15, -0.1) is 0 Å². The highest BCUT2D eigenvalue weighted by Gasteiger charge is 2.06. The Hall–Kier alpha value is -2.49. The summed E-state index contributed by atoms with van der Waals surface area (Å²) in [6, 6.07) is 12.7. The largest absolute Gasteiger partial charge is 0.483 e. The second-order valence-electron chi connectivity index (χ2n) is 3.04. The van der Waals surface area contributed by atoms with Gasteiger partial charge in [0, 0.05) is 23.5 Å². The molecule has 0 spiro atoms. The molecule has 0 saturated carbocycles. The fourth-order valence-corrected chi connectivity index (χ4v) is 1.25. The molecular formula is C13H11NO3. The van der Waals surface area contributed by atoms with Crippen molar-refractivity contribution in [1.29, 1.82) is 0 Å². The molecule has 0 fully saturated rings. The van der Waals surface area contributed by atoms with Crippen molar-refractivity contribution in [2.75, 3.05) is 0 Å². The van der Waals surface area contributed by atoms with E-state index in [9.17, 15) is 4.79 Å². The zero-order valence-electron chi connectivity index (χ0n) is 8.98. The molecule has 1 aromatic heterocycles. The predicted molar refractivity (Wildman–Crippen MR) is 62.8 cm³/mol. The summed E-state index contributed by atoms with van der Waals surface area (Å²) in [7, 11) is 0. The van der Waals surface area contributed by atoms with Crippen LogP contribution in [0.3, 0.4) is 0 Å². The highest BCUT2D eigenvalue weighted by molar-refractivity contribution is 6.08. The molecule has 1 heterocycles. The number of nitrogens with zero attached hydrogens (tertiary/aromatic N) is 1. The molecule has 0 unspecified atom stereocenters. The molecular weight excluding hydrogens is 218 g/mol. The van der Waals surface area contributed by atoms with E-state index in [1.807, 2.05) is 18.2 Å². The molecule has 2 rings (SSSR count). The predicted octanol–water partition coefficient (Wildman–Crippen LogP) is 2.01. The van der Waals surface area contributed by atoms with Gasteiger partial charge >= 0.3 is 0 Å². The number of aromatic nitrogens is 1. The molecule has 0 amide bonds. The lowest BCUT2D eigenvalue weighted by Crippen LogP contribution is -2.00. The highest BCUT2D eigenvalue weighted by atomic mass is 16.3. The highest BCUT2D eigenvalue weighted by Crippen LogP contribution is 2.07. The first-order chi connectivity index (χ1) is 8.29. The molecule has 1 N–H and O–H groups in total.